The van der Waals surface area contributed by atoms with Crippen molar-refractivity contribution >= 4 is 47.4 Å². The van der Waals surface area contributed by atoms with Gasteiger partial charge in [0.05, 0.1) is 6.04 Å². The van der Waals surface area contributed by atoms with Gasteiger partial charge in [0.1, 0.15) is 35.5 Å². The van der Waals surface area contributed by atoms with Crippen molar-refractivity contribution in [2.45, 2.75) is 128 Å². The van der Waals surface area contributed by atoms with Gasteiger partial charge in [-0.25, -0.2) is 4.79 Å². The zero-order chi connectivity index (χ0) is 44.7. The van der Waals surface area contributed by atoms with Gasteiger partial charge in [-0.2, -0.15) is 0 Å². The van der Waals surface area contributed by atoms with Gasteiger partial charge in [-0.15, -0.1) is 0 Å². The first kappa shape index (κ1) is 48.7. The third-order valence-electron chi connectivity index (χ3n) is 11.2. The summed E-state index contributed by atoms with van der Waals surface area (Å²) in [6.45, 7) is 8.04. The van der Waals surface area contributed by atoms with Crippen LogP contribution in [0.2, 0.25) is 0 Å². The summed E-state index contributed by atoms with van der Waals surface area (Å²) in [6.07, 6.45) is 2.75. The Labute approximate surface area is 351 Å². The number of carboxylic acids is 1. The molecule has 1 unspecified atom stereocenters. The smallest absolute Gasteiger partial charge is 0.326 e. The van der Waals surface area contributed by atoms with Gasteiger partial charge in [0.25, 0.3) is 0 Å². The minimum absolute atomic E-state index is 0.00537. The number of hydrogen-bond acceptors (Lipinski definition) is 10. The van der Waals surface area contributed by atoms with Crippen LogP contribution in [-0.2, 0) is 35.2 Å². The third-order valence-corrected chi connectivity index (χ3v) is 11.2. The number of carboxylic acid groups (broad SMARTS) is 1. The molecule has 0 saturated carbocycles. The number of rotatable bonds is 23. The number of phenolic OH excluding ortho intramolecular Hbond substituents is 1. The van der Waals surface area contributed by atoms with Gasteiger partial charge in [0.15, 0.2) is 11.9 Å². The lowest BCUT2D eigenvalue weighted by molar-refractivity contribution is -0.151. The second kappa shape index (κ2) is 22.6. The molecular weight excluding hydrogens is 777 g/mol. The van der Waals surface area contributed by atoms with Crippen LogP contribution in [0.15, 0.2) is 34.3 Å². The molecule has 2 aliphatic rings. The summed E-state index contributed by atoms with van der Waals surface area (Å²) in [5.41, 5.74) is 27.3. The van der Waals surface area contributed by atoms with Crippen molar-refractivity contribution in [2.75, 3.05) is 26.2 Å². The molecule has 0 aliphatic carbocycles. The third kappa shape index (κ3) is 13.4. The summed E-state index contributed by atoms with van der Waals surface area (Å²) in [5, 5.41) is 28.0. The minimum atomic E-state index is -1.32. The molecule has 334 valence electrons. The van der Waals surface area contributed by atoms with Crippen LogP contribution >= 0.6 is 0 Å². The molecule has 2 saturated heterocycles. The zero-order valence-corrected chi connectivity index (χ0v) is 35.3. The van der Waals surface area contributed by atoms with Crippen molar-refractivity contribution in [3.8, 4) is 5.75 Å². The minimum Gasteiger partial charge on any atom is -0.508 e. The molecule has 7 atom stereocenters. The van der Waals surface area contributed by atoms with Gasteiger partial charge in [-0.1, -0.05) is 46.2 Å². The maximum absolute atomic E-state index is 14.8. The van der Waals surface area contributed by atoms with Crippen LogP contribution in [0.4, 0.5) is 0 Å². The molecular formula is C40H66N12O8. The number of hydrogen-bond donors (Lipinski definition) is 10. The van der Waals surface area contributed by atoms with E-state index in [9.17, 15) is 39.0 Å². The molecule has 60 heavy (non-hydrogen) atoms. The molecule has 1 spiro atoms. The second-order valence-corrected chi connectivity index (χ2v) is 16.2. The van der Waals surface area contributed by atoms with Crippen molar-refractivity contribution in [3.05, 3.63) is 29.8 Å². The largest absolute Gasteiger partial charge is 0.508 e. The number of nitrogens with zero attached hydrogens (tertiary/aromatic N) is 4. The fourth-order valence-corrected chi connectivity index (χ4v) is 7.74. The number of likely N-dealkylation sites (tertiary alicyclic amines) is 2. The molecule has 20 nitrogen and oxygen atoms in total. The number of guanidine groups is 2. The highest BCUT2D eigenvalue weighted by molar-refractivity contribution is 6.00. The number of carbonyl (C=O) groups is 6. The van der Waals surface area contributed by atoms with Crippen LogP contribution in [0.25, 0.3) is 0 Å². The molecule has 0 radical (unpaired) electrons. The number of aliphatic carboxylic acids is 1. The number of carbonyl (C=O) groups excluding carboxylic acids is 5. The fourth-order valence-electron chi connectivity index (χ4n) is 7.74. The van der Waals surface area contributed by atoms with Crippen molar-refractivity contribution in [1.82, 2.24) is 25.8 Å². The van der Waals surface area contributed by atoms with Gasteiger partial charge in [-0.05, 0) is 80.9 Å². The first-order valence-electron chi connectivity index (χ1n) is 20.7. The van der Waals surface area contributed by atoms with Gasteiger partial charge in [0.2, 0.25) is 29.5 Å². The molecule has 15 N–H and O–H groups in total. The van der Waals surface area contributed by atoms with E-state index >= 15 is 0 Å². The van der Waals surface area contributed by atoms with E-state index in [1.807, 2.05) is 20.8 Å². The molecule has 0 aromatic heterocycles. The summed E-state index contributed by atoms with van der Waals surface area (Å²) in [5.74, 6) is -4.67. The van der Waals surface area contributed by atoms with Crippen LogP contribution in [0.3, 0.4) is 0 Å². The Morgan fingerprint density at radius 2 is 1.43 bits per heavy atom. The molecule has 1 aromatic rings. The van der Waals surface area contributed by atoms with E-state index in [-0.39, 0.29) is 81.9 Å². The van der Waals surface area contributed by atoms with Gasteiger partial charge in [-0.3, -0.25) is 34.0 Å². The molecule has 3 rings (SSSR count). The summed E-state index contributed by atoms with van der Waals surface area (Å²) >= 11 is 0. The SMILES string of the molecule is CC[C@@H](C)C(NC(=O)[C@H](Cc1ccc(O)cc1)N1CC[C@]2(CCCN2C(=O)[C@H](CCCN=C(N)N)NC(=O)[C@@H](N)CCCN=C(N)N)C1=O)C(=O)N[C@@H](CC(C)C)C(=O)O. The summed E-state index contributed by atoms with van der Waals surface area (Å²) in [6, 6.07) is 0.656. The Balaban J connectivity index is 1.94. The zero-order valence-electron chi connectivity index (χ0n) is 35.3. The number of benzene rings is 1. The molecule has 2 aliphatic heterocycles. The Morgan fingerprint density at radius 3 is 2.00 bits per heavy atom. The molecule has 2 heterocycles. The van der Waals surface area contributed by atoms with Crippen molar-refractivity contribution < 1.29 is 39.0 Å². The van der Waals surface area contributed by atoms with Crippen molar-refractivity contribution in [2.24, 2.45) is 50.5 Å². The number of aromatic hydroxyl groups is 1. The highest BCUT2D eigenvalue weighted by Crippen LogP contribution is 2.40. The summed E-state index contributed by atoms with van der Waals surface area (Å²) < 4.78 is 0. The normalized spacial score (nSPS) is 19.2. The van der Waals surface area contributed by atoms with E-state index in [4.69, 9.17) is 28.7 Å². The average molecular weight is 843 g/mol. The van der Waals surface area contributed by atoms with Crippen LogP contribution in [-0.4, -0.2) is 129 Å². The Hall–Kier alpha value is -5.66. The summed E-state index contributed by atoms with van der Waals surface area (Å²) in [7, 11) is 0. The number of nitrogens with two attached hydrogens (primary N) is 5. The van der Waals surface area contributed by atoms with Crippen LogP contribution in [0.1, 0.15) is 91.0 Å². The number of phenols is 1. The maximum atomic E-state index is 14.8. The molecule has 1 aromatic carbocycles. The summed E-state index contributed by atoms with van der Waals surface area (Å²) in [4.78, 5) is 93.7. The molecule has 20 heteroatoms. The molecule has 2 fully saturated rings. The first-order chi connectivity index (χ1) is 28.3. The molecule has 5 amide bonds. The Bertz CT molecular complexity index is 1720. The number of amides is 5. The standard InChI is InChI=1S/C40H66N12O8/c1-5-24(4)31(34(56)49-29(36(58)59)21-23(2)3)50-33(55)30(22-25-11-13-26(53)14-12-25)51-20-16-40(37(51)60)15-8-19-52(40)35(57)28(10-7-18-47-39(44)45)48-32(54)27(41)9-6-17-46-38(42)43/h11-14,23-24,27-31,53H,5-10,15-22,41H2,1-4H3,(H,48,54)(H,49,56)(H,50,55)(H,58,59)(H4,42,43,46)(H4,44,45,47)/t24-,27+,28+,29+,30+,31?,40-/m1/s1. The lowest BCUT2D eigenvalue weighted by Crippen LogP contribution is -2.61. The molecule has 0 bridgehead atoms. The maximum Gasteiger partial charge on any atom is 0.326 e. The van der Waals surface area contributed by atoms with Gasteiger partial charge in [0, 0.05) is 32.6 Å². The van der Waals surface area contributed by atoms with E-state index < -0.39 is 77.2 Å². The lowest BCUT2D eigenvalue weighted by Gasteiger charge is -2.37. The van der Waals surface area contributed by atoms with Crippen LogP contribution in [0, 0.1) is 11.8 Å². The van der Waals surface area contributed by atoms with Crippen molar-refractivity contribution in [1.29, 1.82) is 0 Å². The Kier molecular flexibility index (Phi) is 18.4. The highest BCUT2D eigenvalue weighted by Gasteiger charge is 2.57. The van der Waals surface area contributed by atoms with E-state index in [1.54, 1.807) is 19.1 Å². The quantitative estimate of drug-likeness (QED) is 0.0358. The predicted molar refractivity (Wildman–Crippen MR) is 226 cm³/mol. The number of aliphatic imine (C=N–C) groups is 2. The van der Waals surface area contributed by atoms with Gasteiger partial charge < -0.3 is 64.6 Å². The topological polar surface area (TPSA) is 340 Å². The predicted octanol–water partition coefficient (Wildman–Crippen LogP) is -1.04. The first-order valence-corrected chi connectivity index (χ1v) is 20.7. The average Bonchev–Trinajstić information content (AvgIpc) is 3.77. The van der Waals surface area contributed by atoms with E-state index in [1.165, 1.54) is 21.9 Å². The van der Waals surface area contributed by atoms with Crippen LogP contribution in [0.5, 0.6) is 5.75 Å². The second-order valence-electron chi connectivity index (χ2n) is 16.2. The highest BCUT2D eigenvalue weighted by atomic mass is 16.4. The fraction of sp³-hybridized carbons (Fsp3) is 0.650. The Morgan fingerprint density at radius 1 is 0.833 bits per heavy atom. The van der Waals surface area contributed by atoms with E-state index in [2.05, 4.69) is 25.9 Å². The monoisotopic (exact) mass is 843 g/mol. The van der Waals surface area contributed by atoms with Crippen molar-refractivity contribution in [3.63, 3.8) is 0 Å². The number of nitrogens with one attached hydrogen (secondary N) is 3. The van der Waals surface area contributed by atoms with Crippen LogP contribution < -0.4 is 44.6 Å². The van der Waals surface area contributed by atoms with E-state index in [0.29, 0.717) is 37.7 Å². The van der Waals surface area contributed by atoms with Gasteiger partial charge >= 0.3 is 5.97 Å². The lowest BCUT2D eigenvalue weighted by atomic mass is 9.92. The van der Waals surface area contributed by atoms with E-state index in [0.717, 1.165) is 0 Å².